The van der Waals surface area contributed by atoms with E-state index < -0.39 is 0 Å². The van der Waals surface area contributed by atoms with Gasteiger partial charge >= 0.3 is 0 Å². The molecule has 17 heavy (non-hydrogen) atoms. The van der Waals surface area contributed by atoms with Crippen molar-refractivity contribution < 1.29 is 9.59 Å². The zero-order valence-corrected chi connectivity index (χ0v) is 10.0. The molecule has 1 fully saturated rings. The monoisotopic (exact) mass is 248 g/mol. The number of carbonyl (C=O) groups is 2. The van der Waals surface area contributed by atoms with Crippen molar-refractivity contribution in [3.05, 3.63) is 21.9 Å². The van der Waals surface area contributed by atoms with Gasteiger partial charge in [-0.15, -0.1) is 11.3 Å². The van der Waals surface area contributed by atoms with Gasteiger partial charge in [-0.1, -0.05) is 11.8 Å². The van der Waals surface area contributed by atoms with Crippen LogP contribution in [0.25, 0.3) is 0 Å². The maximum absolute atomic E-state index is 11.4. The van der Waals surface area contributed by atoms with E-state index in [4.69, 9.17) is 5.73 Å². The number of hydrogen-bond acceptors (Lipinski definition) is 4. The minimum Gasteiger partial charge on any atom is -0.320 e. The number of thiophene rings is 1. The Morgan fingerprint density at radius 2 is 2.00 bits per heavy atom. The van der Waals surface area contributed by atoms with Crippen LogP contribution in [0.4, 0.5) is 0 Å². The molecule has 2 rings (SSSR count). The molecule has 0 saturated carbocycles. The molecule has 2 amide bonds. The highest BCUT2D eigenvalue weighted by molar-refractivity contribution is 7.12. The van der Waals surface area contributed by atoms with Crippen molar-refractivity contribution in [3.63, 3.8) is 0 Å². The molecule has 0 radical (unpaired) electrons. The normalized spacial score (nSPS) is 15.0. The van der Waals surface area contributed by atoms with E-state index in [1.54, 1.807) is 0 Å². The minimum atomic E-state index is -0.0852. The average molecular weight is 248 g/mol. The van der Waals surface area contributed by atoms with E-state index >= 15 is 0 Å². The van der Waals surface area contributed by atoms with Crippen LogP contribution in [0.15, 0.2) is 12.1 Å². The topological polar surface area (TPSA) is 63.4 Å². The van der Waals surface area contributed by atoms with Gasteiger partial charge in [0.1, 0.15) is 0 Å². The van der Waals surface area contributed by atoms with E-state index in [0.29, 0.717) is 25.9 Å². The molecule has 0 unspecified atom stereocenters. The number of carbonyl (C=O) groups excluding carboxylic acids is 2. The summed E-state index contributed by atoms with van der Waals surface area (Å²) in [5, 5.41) is 0. The van der Waals surface area contributed by atoms with Crippen molar-refractivity contribution in [1.29, 1.82) is 0 Å². The van der Waals surface area contributed by atoms with Crippen LogP contribution in [-0.4, -0.2) is 23.3 Å². The summed E-state index contributed by atoms with van der Waals surface area (Å²) in [7, 11) is 0. The van der Waals surface area contributed by atoms with Crippen LogP contribution < -0.4 is 5.73 Å². The van der Waals surface area contributed by atoms with Crippen LogP contribution >= 0.6 is 11.3 Å². The molecule has 5 heteroatoms. The first-order valence-electron chi connectivity index (χ1n) is 5.31. The van der Waals surface area contributed by atoms with Crippen molar-refractivity contribution in [2.75, 3.05) is 6.54 Å². The number of likely N-dealkylation sites (tertiary alicyclic amines) is 1. The highest BCUT2D eigenvalue weighted by atomic mass is 32.1. The van der Waals surface area contributed by atoms with Crippen molar-refractivity contribution >= 4 is 23.2 Å². The Kier molecular flexibility index (Phi) is 3.57. The summed E-state index contributed by atoms with van der Waals surface area (Å²) < 4.78 is 0. The maximum atomic E-state index is 11.4. The van der Waals surface area contributed by atoms with Gasteiger partial charge in [-0.05, 0) is 12.1 Å². The van der Waals surface area contributed by atoms with Gasteiger partial charge in [0, 0.05) is 17.7 Å². The number of nitrogens with two attached hydrogens (primary N) is 1. The van der Waals surface area contributed by atoms with Crippen molar-refractivity contribution in [2.45, 2.75) is 19.4 Å². The third-order valence-corrected chi connectivity index (χ3v) is 3.43. The van der Waals surface area contributed by atoms with Crippen molar-refractivity contribution in [1.82, 2.24) is 4.90 Å². The van der Waals surface area contributed by atoms with E-state index in [1.807, 2.05) is 12.1 Å². The van der Waals surface area contributed by atoms with Crippen molar-refractivity contribution in [2.24, 2.45) is 5.73 Å². The molecule has 1 aliphatic heterocycles. The Morgan fingerprint density at radius 3 is 2.65 bits per heavy atom. The Morgan fingerprint density at radius 1 is 1.29 bits per heavy atom. The third-order valence-electron chi connectivity index (χ3n) is 2.44. The largest absolute Gasteiger partial charge is 0.320 e. The van der Waals surface area contributed by atoms with Crippen LogP contribution in [0.2, 0.25) is 0 Å². The molecule has 1 aromatic rings. The Bertz CT molecular complexity index is 494. The van der Waals surface area contributed by atoms with Gasteiger partial charge in [0.25, 0.3) is 0 Å². The summed E-state index contributed by atoms with van der Waals surface area (Å²) in [5.74, 6) is 5.53. The molecule has 1 aromatic heterocycles. The first-order chi connectivity index (χ1) is 8.20. The summed E-state index contributed by atoms with van der Waals surface area (Å²) in [6.07, 6.45) is 0.675. The number of hydrogen-bond donors (Lipinski definition) is 1. The molecule has 2 N–H and O–H groups in total. The SMILES string of the molecule is NCC#Cc1ccc(CN2C(=O)CCC2=O)s1. The van der Waals surface area contributed by atoms with Gasteiger partial charge in [0.2, 0.25) is 11.8 Å². The number of amides is 2. The molecule has 0 aromatic carbocycles. The van der Waals surface area contributed by atoms with E-state index in [1.165, 1.54) is 16.2 Å². The predicted octanol–water partition coefficient (Wildman–Crippen LogP) is 0.707. The summed E-state index contributed by atoms with van der Waals surface area (Å²) in [4.78, 5) is 26.1. The lowest BCUT2D eigenvalue weighted by Crippen LogP contribution is -2.27. The van der Waals surface area contributed by atoms with Crippen LogP contribution in [0.5, 0.6) is 0 Å². The smallest absolute Gasteiger partial charge is 0.230 e. The summed E-state index contributed by atoms with van der Waals surface area (Å²) in [5.41, 5.74) is 5.29. The average Bonchev–Trinajstić information content (AvgIpc) is 2.88. The highest BCUT2D eigenvalue weighted by Gasteiger charge is 2.28. The predicted molar refractivity (Wildman–Crippen MR) is 65.0 cm³/mol. The second-order valence-electron chi connectivity index (χ2n) is 3.65. The van der Waals surface area contributed by atoms with Crippen LogP contribution in [0.1, 0.15) is 22.6 Å². The fourth-order valence-corrected chi connectivity index (χ4v) is 2.49. The molecular weight excluding hydrogens is 236 g/mol. The van der Waals surface area contributed by atoms with Crippen LogP contribution in [0.3, 0.4) is 0 Å². The summed E-state index contributed by atoms with van der Waals surface area (Å²) >= 11 is 1.49. The van der Waals surface area contributed by atoms with Gasteiger partial charge in [-0.2, -0.15) is 0 Å². The summed E-state index contributed by atoms with van der Waals surface area (Å²) in [6, 6.07) is 3.78. The fraction of sp³-hybridized carbons (Fsp3) is 0.333. The van der Waals surface area contributed by atoms with Gasteiger partial charge in [0.15, 0.2) is 0 Å². The quantitative estimate of drug-likeness (QED) is 0.619. The van der Waals surface area contributed by atoms with E-state index in [9.17, 15) is 9.59 Å². The molecule has 0 atom stereocenters. The van der Waals surface area contributed by atoms with Crippen LogP contribution in [0, 0.1) is 11.8 Å². The van der Waals surface area contributed by atoms with Crippen molar-refractivity contribution in [3.8, 4) is 11.8 Å². The molecule has 0 spiro atoms. The Balaban J connectivity index is 2.06. The standard InChI is InChI=1S/C12H12N2O2S/c13-7-1-2-9-3-4-10(17-9)8-14-11(15)5-6-12(14)16/h3-4H,5-8,13H2. The lowest BCUT2D eigenvalue weighted by Gasteiger charge is -2.11. The van der Waals surface area contributed by atoms with Gasteiger partial charge in [-0.3, -0.25) is 14.5 Å². The number of imide groups is 1. The molecule has 1 saturated heterocycles. The first-order valence-corrected chi connectivity index (χ1v) is 6.13. The molecule has 0 aliphatic carbocycles. The zero-order valence-electron chi connectivity index (χ0n) is 9.23. The molecular formula is C12H12N2O2S. The van der Waals surface area contributed by atoms with E-state index in [-0.39, 0.29) is 11.8 Å². The molecule has 0 bridgehead atoms. The maximum Gasteiger partial charge on any atom is 0.230 e. The molecule has 4 nitrogen and oxygen atoms in total. The number of nitrogens with zero attached hydrogens (tertiary/aromatic N) is 1. The van der Waals surface area contributed by atoms with Gasteiger partial charge in [-0.25, -0.2) is 0 Å². The fourth-order valence-electron chi connectivity index (χ4n) is 1.62. The van der Waals surface area contributed by atoms with Crippen LogP contribution in [-0.2, 0) is 16.1 Å². The summed E-state index contributed by atoms with van der Waals surface area (Å²) in [6.45, 7) is 0.697. The minimum absolute atomic E-state index is 0.0852. The lowest BCUT2D eigenvalue weighted by atomic mass is 10.4. The Labute approximate surface area is 103 Å². The highest BCUT2D eigenvalue weighted by Crippen LogP contribution is 2.21. The molecule has 2 heterocycles. The van der Waals surface area contributed by atoms with E-state index in [0.717, 1.165) is 9.75 Å². The third kappa shape index (κ3) is 2.73. The molecule has 88 valence electrons. The van der Waals surface area contributed by atoms with Gasteiger partial charge < -0.3 is 5.73 Å². The molecule has 1 aliphatic rings. The first kappa shape index (κ1) is 11.8. The second-order valence-corrected chi connectivity index (χ2v) is 4.81. The second kappa shape index (κ2) is 5.13. The zero-order chi connectivity index (χ0) is 12.3. The van der Waals surface area contributed by atoms with E-state index in [2.05, 4.69) is 11.8 Å². The Hall–Kier alpha value is -1.64. The van der Waals surface area contributed by atoms with Gasteiger partial charge in [0.05, 0.1) is 18.0 Å². The lowest BCUT2D eigenvalue weighted by molar-refractivity contribution is -0.138. The number of rotatable bonds is 2.